The van der Waals surface area contributed by atoms with Crippen LogP contribution in [0, 0.1) is 0 Å². The second-order valence-electron chi connectivity index (χ2n) is 5.34. The molecule has 0 unspecified atom stereocenters. The molecule has 0 atom stereocenters. The summed E-state index contributed by atoms with van der Waals surface area (Å²) >= 11 is 13.5. The van der Waals surface area contributed by atoms with E-state index in [0.717, 1.165) is 5.56 Å². The third-order valence-corrected chi connectivity index (χ3v) is 5.15. The van der Waals surface area contributed by atoms with Gasteiger partial charge in [0.15, 0.2) is 5.65 Å². The molecule has 2 aromatic heterocycles. The third kappa shape index (κ3) is 4.26. The number of carboxylic acids is 1. The van der Waals surface area contributed by atoms with Crippen molar-refractivity contribution in [1.82, 2.24) is 19.9 Å². The summed E-state index contributed by atoms with van der Waals surface area (Å²) in [5, 5.41) is 26.9. The Morgan fingerprint density at radius 2 is 2.04 bits per heavy atom. The van der Waals surface area contributed by atoms with E-state index < -0.39 is 18.4 Å². The Hall–Kier alpha value is -2.49. The van der Waals surface area contributed by atoms with Gasteiger partial charge in [-0.2, -0.15) is 5.10 Å². The molecule has 3 aromatic rings. The van der Waals surface area contributed by atoms with E-state index in [-0.39, 0.29) is 17.0 Å². The molecule has 3 N–H and O–H groups in total. The van der Waals surface area contributed by atoms with Gasteiger partial charge in [-0.25, -0.2) is 9.50 Å². The zero-order valence-electron chi connectivity index (χ0n) is 13.5. The molecule has 1 amide bonds. The Labute approximate surface area is 167 Å². The van der Waals surface area contributed by atoms with Gasteiger partial charge >= 0.3 is 5.97 Å². The first-order valence-electron chi connectivity index (χ1n) is 7.49. The van der Waals surface area contributed by atoms with Crippen LogP contribution in [-0.2, 0) is 10.5 Å². The molecular weight excluding hydrogens is 415 g/mol. The highest BCUT2D eigenvalue weighted by Crippen LogP contribution is 2.32. The topological polar surface area (TPSA) is 117 Å². The van der Waals surface area contributed by atoms with Crippen LogP contribution in [-0.4, -0.2) is 43.2 Å². The molecule has 0 saturated carbocycles. The van der Waals surface area contributed by atoms with Gasteiger partial charge in [0.1, 0.15) is 29.2 Å². The first-order valence-corrected chi connectivity index (χ1v) is 9.23. The van der Waals surface area contributed by atoms with Gasteiger partial charge in [0, 0.05) is 21.9 Å². The maximum atomic E-state index is 12.2. The minimum Gasteiger partial charge on any atom is -0.507 e. The number of nitrogens with zero attached hydrogens (tertiary/aromatic N) is 3. The molecule has 8 nitrogen and oxygen atoms in total. The van der Waals surface area contributed by atoms with Gasteiger partial charge in [-0.1, -0.05) is 23.2 Å². The van der Waals surface area contributed by atoms with Gasteiger partial charge < -0.3 is 15.5 Å². The van der Waals surface area contributed by atoms with Crippen molar-refractivity contribution in [2.75, 3.05) is 6.54 Å². The molecule has 0 spiro atoms. The van der Waals surface area contributed by atoms with Gasteiger partial charge in [-0.3, -0.25) is 9.59 Å². The van der Waals surface area contributed by atoms with Crippen molar-refractivity contribution in [2.24, 2.45) is 0 Å². The van der Waals surface area contributed by atoms with Crippen LogP contribution >= 0.6 is 35.0 Å². The number of aromatic nitrogens is 3. The number of carbonyl (C=O) groups excluding carboxylic acids is 1. The van der Waals surface area contributed by atoms with Gasteiger partial charge in [-0.05, 0) is 23.8 Å². The SMILES string of the molecule is O=C(O)CNC(=O)c1c(O)cc(SCc2cc(Cl)ccc2Cl)n2ncnc12. The van der Waals surface area contributed by atoms with Gasteiger partial charge in [0.25, 0.3) is 5.91 Å². The molecule has 2 heterocycles. The number of nitrogens with one attached hydrogen (secondary N) is 1. The summed E-state index contributed by atoms with van der Waals surface area (Å²) in [5.74, 6) is -1.86. The molecule has 0 radical (unpaired) electrons. The number of fused-ring (bicyclic) bond motifs is 1. The Morgan fingerprint density at radius 3 is 2.78 bits per heavy atom. The van der Waals surface area contributed by atoms with Gasteiger partial charge in [0.2, 0.25) is 0 Å². The van der Waals surface area contributed by atoms with Crippen molar-refractivity contribution in [3.8, 4) is 5.75 Å². The second-order valence-corrected chi connectivity index (χ2v) is 7.18. The summed E-state index contributed by atoms with van der Waals surface area (Å²) in [6.45, 7) is -0.581. The molecule has 0 aliphatic heterocycles. The van der Waals surface area contributed by atoms with E-state index in [1.165, 1.54) is 28.7 Å². The fourth-order valence-corrected chi connectivity index (χ4v) is 3.76. The number of carbonyl (C=O) groups is 2. The van der Waals surface area contributed by atoms with E-state index in [2.05, 4.69) is 15.4 Å². The minimum atomic E-state index is -1.20. The molecule has 27 heavy (non-hydrogen) atoms. The number of thioether (sulfide) groups is 1. The van der Waals surface area contributed by atoms with Gasteiger partial charge in [0.05, 0.1) is 0 Å². The van der Waals surface area contributed by atoms with E-state index in [4.69, 9.17) is 28.3 Å². The van der Waals surface area contributed by atoms with Crippen LogP contribution < -0.4 is 5.32 Å². The molecule has 0 fully saturated rings. The van der Waals surface area contributed by atoms with Crippen LogP contribution in [0.3, 0.4) is 0 Å². The lowest BCUT2D eigenvalue weighted by Gasteiger charge is -2.11. The molecule has 1 aromatic carbocycles. The average Bonchev–Trinajstić information content (AvgIpc) is 3.09. The molecule has 0 saturated heterocycles. The van der Waals surface area contributed by atoms with E-state index in [0.29, 0.717) is 20.8 Å². The zero-order chi connectivity index (χ0) is 19.6. The monoisotopic (exact) mass is 426 g/mol. The number of aliphatic carboxylic acids is 1. The molecule has 11 heteroatoms. The predicted octanol–water partition coefficient (Wildman–Crippen LogP) is 2.85. The molecular formula is C16H12Cl2N4O4S. The van der Waals surface area contributed by atoms with Crippen LogP contribution in [0.1, 0.15) is 15.9 Å². The number of benzene rings is 1. The molecule has 140 valence electrons. The smallest absolute Gasteiger partial charge is 0.322 e. The van der Waals surface area contributed by atoms with Crippen LogP contribution in [0.15, 0.2) is 35.6 Å². The third-order valence-electron chi connectivity index (χ3n) is 3.51. The first-order chi connectivity index (χ1) is 12.9. The molecule has 0 aliphatic carbocycles. The van der Waals surface area contributed by atoms with E-state index >= 15 is 0 Å². The number of aromatic hydroxyl groups is 1. The van der Waals surface area contributed by atoms with E-state index in [1.807, 2.05) is 0 Å². The maximum Gasteiger partial charge on any atom is 0.322 e. The number of amides is 1. The Kier molecular flexibility index (Phi) is 5.73. The maximum absolute atomic E-state index is 12.2. The summed E-state index contributed by atoms with van der Waals surface area (Å²) in [6, 6.07) is 6.48. The van der Waals surface area contributed by atoms with Crippen LogP contribution in [0.4, 0.5) is 0 Å². The van der Waals surface area contributed by atoms with Crippen LogP contribution in [0.2, 0.25) is 10.0 Å². The minimum absolute atomic E-state index is 0.109. The number of carboxylic acid groups (broad SMARTS) is 1. The second kappa shape index (κ2) is 8.03. The highest BCUT2D eigenvalue weighted by atomic mass is 35.5. The summed E-state index contributed by atoms with van der Waals surface area (Å²) in [6.07, 6.45) is 1.24. The summed E-state index contributed by atoms with van der Waals surface area (Å²) in [7, 11) is 0. The lowest BCUT2D eigenvalue weighted by atomic mass is 10.2. The fourth-order valence-electron chi connectivity index (χ4n) is 2.31. The number of rotatable bonds is 6. The number of hydrogen-bond donors (Lipinski definition) is 3. The summed E-state index contributed by atoms with van der Waals surface area (Å²) in [5.41, 5.74) is 0.752. The summed E-state index contributed by atoms with van der Waals surface area (Å²) in [4.78, 5) is 26.8. The molecule has 0 aliphatic rings. The van der Waals surface area contributed by atoms with Crippen LogP contribution in [0.25, 0.3) is 5.65 Å². The lowest BCUT2D eigenvalue weighted by Crippen LogP contribution is -2.29. The Bertz CT molecular complexity index is 1040. The van der Waals surface area contributed by atoms with E-state index in [1.54, 1.807) is 18.2 Å². The molecule has 3 rings (SSSR count). The summed E-state index contributed by atoms with van der Waals surface area (Å²) < 4.78 is 1.39. The van der Waals surface area contributed by atoms with Crippen molar-refractivity contribution in [1.29, 1.82) is 0 Å². The molecule has 0 bridgehead atoms. The van der Waals surface area contributed by atoms with Crippen molar-refractivity contribution in [3.05, 3.63) is 51.8 Å². The fraction of sp³-hybridized carbons (Fsp3) is 0.125. The quantitative estimate of drug-likeness (QED) is 0.518. The average molecular weight is 427 g/mol. The normalized spacial score (nSPS) is 10.9. The number of hydrogen-bond acceptors (Lipinski definition) is 6. The van der Waals surface area contributed by atoms with Crippen molar-refractivity contribution in [2.45, 2.75) is 10.8 Å². The largest absolute Gasteiger partial charge is 0.507 e. The Morgan fingerprint density at radius 1 is 1.26 bits per heavy atom. The zero-order valence-corrected chi connectivity index (χ0v) is 15.8. The van der Waals surface area contributed by atoms with E-state index in [9.17, 15) is 14.7 Å². The number of halogens is 2. The lowest BCUT2D eigenvalue weighted by molar-refractivity contribution is -0.135. The van der Waals surface area contributed by atoms with Gasteiger partial charge in [-0.15, -0.1) is 11.8 Å². The predicted molar refractivity (Wildman–Crippen MR) is 101 cm³/mol. The van der Waals surface area contributed by atoms with Crippen molar-refractivity contribution >= 4 is 52.5 Å². The standard InChI is InChI=1S/C16H12Cl2N4O4S/c17-9-1-2-10(18)8(3-9)6-27-12-4-11(23)14(15-20-7-21-22(12)15)16(26)19-5-13(24)25/h1-4,7,23H,5-6H2,(H,19,26)(H,24,25). The highest BCUT2D eigenvalue weighted by Gasteiger charge is 2.21. The Balaban J connectivity index is 1.91. The van der Waals surface area contributed by atoms with Crippen LogP contribution in [0.5, 0.6) is 5.75 Å². The first kappa shape index (κ1) is 19.3. The number of pyridine rings is 1. The van der Waals surface area contributed by atoms with Crippen molar-refractivity contribution < 1.29 is 19.8 Å². The van der Waals surface area contributed by atoms with Crippen molar-refractivity contribution in [3.63, 3.8) is 0 Å². The highest BCUT2D eigenvalue weighted by molar-refractivity contribution is 7.98.